The normalized spacial score (nSPS) is 15.3. The number of rotatable bonds is 11. The van der Waals surface area contributed by atoms with Gasteiger partial charge in [-0.15, -0.1) is 0 Å². The largest absolute Gasteiger partial charge is 0.494 e. The van der Waals surface area contributed by atoms with E-state index < -0.39 is 11.9 Å². The van der Waals surface area contributed by atoms with E-state index in [0.717, 1.165) is 47.6 Å². The molecule has 0 radical (unpaired) electrons. The zero-order chi connectivity index (χ0) is 24.5. The number of aromatic nitrogens is 1. The number of amides is 1. The van der Waals surface area contributed by atoms with Crippen molar-refractivity contribution in [3.05, 3.63) is 89.6 Å². The molecule has 0 aliphatic carbocycles. The van der Waals surface area contributed by atoms with Gasteiger partial charge < -0.3 is 20.1 Å². The molecule has 1 amide bonds. The lowest BCUT2D eigenvalue weighted by Crippen LogP contribution is -2.37. The number of carboxylic acid groups (broad SMARTS) is 1. The van der Waals surface area contributed by atoms with Gasteiger partial charge in [-0.2, -0.15) is 0 Å². The molecular formula is C28H31N3O4. The molecule has 0 saturated heterocycles. The molecule has 35 heavy (non-hydrogen) atoms. The second kappa shape index (κ2) is 12.0. The van der Waals surface area contributed by atoms with Crippen LogP contribution >= 0.6 is 0 Å². The van der Waals surface area contributed by atoms with E-state index >= 15 is 0 Å². The molecule has 0 bridgehead atoms. The number of carboxylic acids is 1. The number of pyridine rings is 1. The summed E-state index contributed by atoms with van der Waals surface area (Å²) in [7, 11) is 0. The van der Waals surface area contributed by atoms with E-state index in [1.54, 1.807) is 11.1 Å². The number of nitrogens with zero attached hydrogens (tertiary/aromatic N) is 2. The van der Waals surface area contributed by atoms with Crippen LogP contribution in [0.1, 0.15) is 29.5 Å². The van der Waals surface area contributed by atoms with Crippen LogP contribution in [0.3, 0.4) is 0 Å². The molecule has 4 rings (SSSR count). The van der Waals surface area contributed by atoms with Crippen molar-refractivity contribution < 1.29 is 19.4 Å². The van der Waals surface area contributed by atoms with Gasteiger partial charge in [0.1, 0.15) is 11.6 Å². The highest BCUT2D eigenvalue weighted by molar-refractivity contribution is 5.84. The summed E-state index contributed by atoms with van der Waals surface area (Å²) in [5, 5.41) is 12.6. The molecule has 7 nitrogen and oxygen atoms in total. The highest BCUT2D eigenvalue weighted by Gasteiger charge is 2.31. The van der Waals surface area contributed by atoms with E-state index in [1.807, 2.05) is 66.7 Å². The van der Waals surface area contributed by atoms with Gasteiger partial charge in [-0.3, -0.25) is 9.59 Å². The molecule has 1 atom stereocenters. The Hall–Kier alpha value is -3.87. The second-order valence-electron chi connectivity index (χ2n) is 8.77. The van der Waals surface area contributed by atoms with Crippen molar-refractivity contribution >= 4 is 17.7 Å². The quantitative estimate of drug-likeness (QED) is 0.406. The monoisotopic (exact) mass is 473 g/mol. The minimum absolute atomic E-state index is 0.0948. The third kappa shape index (κ3) is 7.06. The Morgan fingerprint density at radius 1 is 1.09 bits per heavy atom. The van der Waals surface area contributed by atoms with E-state index in [0.29, 0.717) is 26.1 Å². The molecule has 2 heterocycles. The van der Waals surface area contributed by atoms with Gasteiger partial charge in [0.15, 0.2) is 0 Å². The molecule has 7 heteroatoms. The molecular weight excluding hydrogens is 442 g/mol. The van der Waals surface area contributed by atoms with Crippen LogP contribution in [0.5, 0.6) is 5.75 Å². The Labute approximate surface area is 205 Å². The number of anilines is 1. The molecule has 182 valence electrons. The predicted molar refractivity (Wildman–Crippen MR) is 134 cm³/mol. The number of fused-ring (bicyclic) bond motifs is 1. The topological polar surface area (TPSA) is 91.8 Å². The lowest BCUT2D eigenvalue weighted by molar-refractivity contribution is -0.144. The lowest BCUT2D eigenvalue weighted by atomic mass is 9.94. The molecule has 3 aromatic rings. The third-order valence-electron chi connectivity index (χ3n) is 6.16. The van der Waals surface area contributed by atoms with Crippen LogP contribution in [-0.4, -0.2) is 46.6 Å². The van der Waals surface area contributed by atoms with E-state index in [1.165, 1.54) is 0 Å². The number of carbonyl (C=O) groups is 2. The maximum atomic E-state index is 13.2. The molecule has 1 unspecified atom stereocenters. The molecule has 0 spiro atoms. The number of hydrogen-bond acceptors (Lipinski definition) is 5. The van der Waals surface area contributed by atoms with Crippen LogP contribution in [-0.2, 0) is 29.0 Å². The number of aliphatic carboxylic acids is 1. The molecule has 1 aromatic heterocycles. The summed E-state index contributed by atoms with van der Waals surface area (Å²) < 4.78 is 5.98. The van der Waals surface area contributed by atoms with E-state index in [9.17, 15) is 14.7 Å². The Morgan fingerprint density at radius 2 is 1.91 bits per heavy atom. The second-order valence-corrected chi connectivity index (χ2v) is 8.77. The van der Waals surface area contributed by atoms with Crippen molar-refractivity contribution in [3.8, 4) is 5.75 Å². The van der Waals surface area contributed by atoms with Crippen LogP contribution < -0.4 is 10.1 Å². The number of hydrogen-bond donors (Lipinski definition) is 2. The van der Waals surface area contributed by atoms with Crippen molar-refractivity contribution in [3.63, 3.8) is 0 Å². The smallest absolute Gasteiger partial charge is 0.304 e. The van der Waals surface area contributed by atoms with Gasteiger partial charge in [-0.1, -0.05) is 42.5 Å². The summed E-state index contributed by atoms with van der Waals surface area (Å²) in [6.07, 6.45) is 3.55. The number of ether oxygens (including phenoxy) is 1. The minimum Gasteiger partial charge on any atom is -0.494 e. The molecule has 0 fully saturated rings. The molecule has 2 aromatic carbocycles. The average Bonchev–Trinajstić information content (AvgIpc) is 2.99. The fraction of sp³-hybridized carbons (Fsp3) is 0.321. The Morgan fingerprint density at radius 3 is 2.69 bits per heavy atom. The maximum absolute atomic E-state index is 13.2. The van der Waals surface area contributed by atoms with Gasteiger partial charge in [0.25, 0.3) is 0 Å². The van der Waals surface area contributed by atoms with Crippen molar-refractivity contribution in [1.29, 1.82) is 0 Å². The van der Waals surface area contributed by atoms with Gasteiger partial charge >= 0.3 is 5.97 Å². The van der Waals surface area contributed by atoms with Gasteiger partial charge in [0.05, 0.1) is 18.9 Å². The van der Waals surface area contributed by atoms with Crippen LogP contribution in [0.15, 0.2) is 72.9 Å². The summed E-state index contributed by atoms with van der Waals surface area (Å²) in [6.45, 7) is 2.30. The molecule has 1 aliphatic rings. The van der Waals surface area contributed by atoms with Gasteiger partial charge in [-0.25, -0.2) is 4.98 Å². The third-order valence-corrected chi connectivity index (χ3v) is 6.16. The zero-order valence-electron chi connectivity index (χ0n) is 19.7. The van der Waals surface area contributed by atoms with Crippen LogP contribution in [0, 0.1) is 5.92 Å². The predicted octanol–water partition coefficient (Wildman–Crippen LogP) is 4.18. The number of carbonyl (C=O) groups excluding carboxylic acids is 1. The zero-order valence-corrected chi connectivity index (χ0v) is 19.7. The van der Waals surface area contributed by atoms with Gasteiger partial charge in [0, 0.05) is 25.8 Å². The van der Waals surface area contributed by atoms with Crippen LogP contribution in [0.4, 0.5) is 5.82 Å². The SMILES string of the molecule is O=C(O)CC1Cc2ccc(OCCCNc3ccccn3)cc2CN(CCc2ccccc2)C1=O. The summed E-state index contributed by atoms with van der Waals surface area (Å²) in [4.78, 5) is 30.7. The van der Waals surface area contributed by atoms with Crippen molar-refractivity contribution in [2.75, 3.05) is 25.0 Å². The maximum Gasteiger partial charge on any atom is 0.304 e. The fourth-order valence-corrected chi connectivity index (χ4v) is 4.35. The Kier molecular flexibility index (Phi) is 8.33. The summed E-state index contributed by atoms with van der Waals surface area (Å²) in [5.41, 5.74) is 3.18. The lowest BCUT2D eigenvalue weighted by Gasteiger charge is -2.24. The summed E-state index contributed by atoms with van der Waals surface area (Å²) in [6, 6.07) is 21.6. The fourth-order valence-electron chi connectivity index (χ4n) is 4.35. The standard InChI is InChI=1S/C28H31N3O4/c32-27(33)19-23-17-22-10-11-25(35-16-6-14-30-26-9-4-5-13-29-26)18-24(22)20-31(28(23)34)15-12-21-7-2-1-3-8-21/h1-5,7-11,13,18,23H,6,12,14-17,19-20H2,(H,29,30)(H,32,33). The molecule has 0 saturated carbocycles. The highest BCUT2D eigenvalue weighted by atomic mass is 16.5. The van der Waals surface area contributed by atoms with Crippen molar-refractivity contribution in [2.24, 2.45) is 5.92 Å². The first-order valence-electron chi connectivity index (χ1n) is 12.0. The Balaban J connectivity index is 1.40. The van der Waals surface area contributed by atoms with Gasteiger partial charge in [-0.05, 0) is 60.2 Å². The average molecular weight is 474 g/mol. The van der Waals surface area contributed by atoms with Gasteiger partial charge in [0.2, 0.25) is 5.91 Å². The first-order chi connectivity index (χ1) is 17.1. The number of benzene rings is 2. The van der Waals surface area contributed by atoms with Crippen LogP contribution in [0.2, 0.25) is 0 Å². The minimum atomic E-state index is -0.950. The summed E-state index contributed by atoms with van der Waals surface area (Å²) in [5.74, 6) is -0.00642. The van der Waals surface area contributed by atoms with E-state index in [-0.39, 0.29) is 12.3 Å². The van der Waals surface area contributed by atoms with Crippen molar-refractivity contribution in [1.82, 2.24) is 9.88 Å². The molecule has 1 aliphatic heterocycles. The van der Waals surface area contributed by atoms with E-state index in [4.69, 9.17) is 4.74 Å². The van der Waals surface area contributed by atoms with E-state index in [2.05, 4.69) is 10.3 Å². The molecule has 2 N–H and O–H groups in total. The Bertz CT molecular complexity index is 1120. The van der Waals surface area contributed by atoms with Crippen LogP contribution in [0.25, 0.3) is 0 Å². The highest BCUT2D eigenvalue weighted by Crippen LogP contribution is 2.28. The number of nitrogens with one attached hydrogen (secondary N) is 1. The first-order valence-corrected chi connectivity index (χ1v) is 12.0. The first kappa shape index (κ1) is 24.3. The van der Waals surface area contributed by atoms with Crippen molar-refractivity contribution in [2.45, 2.75) is 32.2 Å². The summed E-state index contributed by atoms with van der Waals surface area (Å²) >= 11 is 0.